The minimum Gasteiger partial charge on any atom is -0.495 e. The van der Waals surface area contributed by atoms with Crippen molar-refractivity contribution >= 4 is 28.1 Å². The van der Waals surface area contributed by atoms with E-state index in [2.05, 4.69) is 25.9 Å². The van der Waals surface area contributed by atoms with Crippen LogP contribution in [0.5, 0.6) is 5.75 Å². The van der Waals surface area contributed by atoms with Crippen molar-refractivity contribution in [1.29, 1.82) is 0 Å². The Hall–Kier alpha value is -2.93. The van der Waals surface area contributed by atoms with Crippen molar-refractivity contribution in [2.75, 3.05) is 30.8 Å². The van der Waals surface area contributed by atoms with Crippen LogP contribution in [0.1, 0.15) is 5.56 Å². The molecule has 1 aromatic heterocycles. The van der Waals surface area contributed by atoms with Crippen molar-refractivity contribution in [3.8, 4) is 5.75 Å². The number of aromatic nitrogens is 2. The predicted octanol–water partition coefficient (Wildman–Crippen LogP) is 3.21. The Balaban J connectivity index is 1.76. The summed E-state index contributed by atoms with van der Waals surface area (Å²) in [6, 6.07) is 9.41. The summed E-state index contributed by atoms with van der Waals surface area (Å²) >= 11 is 0. The number of hydrogen-bond acceptors (Lipinski definition) is 6. The molecular formula is C19H20FN5O. The molecule has 0 saturated carbocycles. The fourth-order valence-corrected chi connectivity index (χ4v) is 2.95. The summed E-state index contributed by atoms with van der Waals surface area (Å²) in [6.45, 7) is 3.55. The third-order valence-corrected chi connectivity index (χ3v) is 4.54. The number of nitrogens with zero attached hydrogens (tertiary/aromatic N) is 2. The molecule has 0 atom stereocenters. The molecule has 0 radical (unpaired) electrons. The molecule has 6 nitrogen and oxygen atoms in total. The van der Waals surface area contributed by atoms with E-state index in [1.54, 1.807) is 26.2 Å². The van der Waals surface area contributed by atoms with E-state index in [0.29, 0.717) is 23.1 Å². The highest BCUT2D eigenvalue weighted by Gasteiger charge is 2.19. The van der Waals surface area contributed by atoms with Gasteiger partial charge in [-0.15, -0.1) is 0 Å². The van der Waals surface area contributed by atoms with Crippen LogP contribution < -0.4 is 20.7 Å². The highest BCUT2D eigenvalue weighted by atomic mass is 19.1. The number of methoxy groups -OCH3 is 1. The standard InChI is InChI=1S/C19H20FN5O/c1-11-4-3-5-14(18(11)20)25-19-13-6-16(24-12-8-21-9-12)17(26-2)7-15(13)22-10-23-19/h3-7,10,12,21,24H,8-9H2,1-2H3,(H,22,23,25). The number of ether oxygens (including phenoxy) is 1. The van der Waals surface area contributed by atoms with Gasteiger partial charge in [-0.1, -0.05) is 12.1 Å². The van der Waals surface area contributed by atoms with Crippen LogP contribution in [-0.2, 0) is 0 Å². The van der Waals surface area contributed by atoms with Crippen LogP contribution in [0.3, 0.4) is 0 Å². The largest absolute Gasteiger partial charge is 0.495 e. The molecule has 3 aromatic rings. The zero-order valence-electron chi connectivity index (χ0n) is 14.6. The van der Waals surface area contributed by atoms with Gasteiger partial charge < -0.3 is 20.7 Å². The Morgan fingerprint density at radius 3 is 2.77 bits per heavy atom. The lowest BCUT2D eigenvalue weighted by atomic mass is 10.1. The van der Waals surface area contributed by atoms with E-state index in [0.717, 1.165) is 35.4 Å². The molecule has 1 saturated heterocycles. The van der Waals surface area contributed by atoms with Crippen molar-refractivity contribution in [2.24, 2.45) is 0 Å². The van der Waals surface area contributed by atoms with Gasteiger partial charge in [-0.3, -0.25) is 0 Å². The number of anilines is 3. The second kappa shape index (κ2) is 6.76. The van der Waals surface area contributed by atoms with E-state index < -0.39 is 0 Å². The predicted molar refractivity (Wildman–Crippen MR) is 101 cm³/mol. The van der Waals surface area contributed by atoms with Gasteiger partial charge in [0, 0.05) is 24.5 Å². The average Bonchev–Trinajstić information content (AvgIpc) is 2.61. The Bertz CT molecular complexity index is 958. The Labute approximate surface area is 150 Å². The summed E-state index contributed by atoms with van der Waals surface area (Å²) in [5.41, 5.74) is 2.56. The first-order valence-corrected chi connectivity index (χ1v) is 8.48. The molecule has 2 heterocycles. The molecule has 1 aliphatic heterocycles. The Kier molecular flexibility index (Phi) is 4.30. The third-order valence-electron chi connectivity index (χ3n) is 4.54. The summed E-state index contributed by atoms with van der Waals surface area (Å²) < 4.78 is 19.9. The third kappa shape index (κ3) is 3.01. The van der Waals surface area contributed by atoms with E-state index in [1.807, 2.05) is 18.2 Å². The lowest BCUT2D eigenvalue weighted by molar-refractivity contribution is 0.413. The first-order valence-electron chi connectivity index (χ1n) is 8.48. The highest BCUT2D eigenvalue weighted by Crippen LogP contribution is 2.34. The van der Waals surface area contributed by atoms with Crippen molar-refractivity contribution in [2.45, 2.75) is 13.0 Å². The maximum atomic E-state index is 14.4. The van der Waals surface area contributed by atoms with Gasteiger partial charge in [0.25, 0.3) is 0 Å². The molecule has 0 aliphatic carbocycles. The van der Waals surface area contributed by atoms with Crippen molar-refractivity contribution in [3.63, 3.8) is 0 Å². The number of rotatable bonds is 5. The van der Waals surface area contributed by atoms with Gasteiger partial charge in [0.1, 0.15) is 23.7 Å². The lowest BCUT2D eigenvalue weighted by Crippen LogP contribution is -2.51. The average molecular weight is 353 g/mol. The molecule has 0 amide bonds. The van der Waals surface area contributed by atoms with Gasteiger partial charge in [-0.25, -0.2) is 14.4 Å². The van der Waals surface area contributed by atoms with Crippen molar-refractivity contribution in [1.82, 2.24) is 15.3 Å². The first kappa shape index (κ1) is 16.5. The number of benzene rings is 2. The van der Waals surface area contributed by atoms with Gasteiger partial charge in [0.05, 0.1) is 30.0 Å². The highest BCUT2D eigenvalue weighted by molar-refractivity contribution is 5.95. The summed E-state index contributed by atoms with van der Waals surface area (Å²) in [4.78, 5) is 8.63. The minimum atomic E-state index is -0.285. The second-order valence-corrected chi connectivity index (χ2v) is 6.35. The molecule has 2 aromatic carbocycles. The molecule has 0 bridgehead atoms. The van der Waals surface area contributed by atoms with Gasteiger partial charge in [-0.2, -0.15) is 0 Å². The van der Waals surface area contributed by atoms with Crippen molar-refractivity contribution in [3.05, 3.63) is 48.0 Å². The molecule has 1 fully saturated rings. The van der Waals surface area contributed by atoms with Gasteiger partial charge in [0.15, 0.2) is 0 Å². The summed E-state index contributed by atoms with van der Waals surface area (Å²) in [6.07, 6.45) is 1.46. The summed E-state index contributed by atoms with van der Waals surface area (Å²) in [5, 5.41) is 10.6. The summed E-state index contributed by atoms with van der Waals surface area (Å²) in [5.74, 6) is 0.986. The minimum absolute atomic E-state index is 0.285. The fourth-order valence-electron chi connectivity index (χ4n) is 2.95. The normalized spacial score (nSPS) is 14.1. The maximum Gasteiger partial charge on any atom is 0.149 e. The van der Waals surface area contributed by atoms with E-state index in [4.69, 9.17) is 4.74 Å². The molecule has 4 rings (SSSR count). The van der Waals surface area contributed by atoms with Crippen molar-refractivity contribution < 1.29 is 9.13 Å². The van der Waals surface area contributed by atoms with Crippen LogP contribution in [0.4, 0.5) is 21.6 Å². The van der Waals surface area contributed by atoms with Crippen LogP contribution in [0.15, 0.2) is 36.7 Å². The molecule has 0 spiro atoms. The smallest absolute Gasteiger partial charge is 0.149 e. The van der Waals surface area contributed by atoms with E-state index in [1.165, 1.54) is 6.33 Å². The van der Waals surface area contributed by atoms with Crippen LogP contribution in [0.25, 0.3) is 10.9 Å². The molecule has 3 N–H and O–H groups in total. The lowest BCUT2D eigenvalue weighted by Gasteiger charge is -2.29. The van der Waals surface area contributed by atoms with Crippen LogP contribution >= 0.6 is 0 Å². The SMILES string of the molecule is COc1cc2ncnc(Nc3cccc(C)c3F)c2cc1NC1CNC1. The molecule has 7 heteroatoms. The molecule has 26 heavy (non-hydrogen) atoms. The Morgan fingerprint density at radius 1 is 1.19 bits per heavy atom. The number of halogens is 1. The second-order valence-electron chi connectivity index (χ2n) is 6.35. The molecule has 134 valence electrons. The van der Waals surface area contributed by atoms with Crippen LogP contribution in [-0.4, -0.2) is 36.2 Å². The van der Waals surface area contributed by atoms with Gasteiger partial charge in [0.2, 0.25) is 0 Å². The monoisotopic (exact) mass is 353 g/mol. The van der Waals surface area contributed by atoms with Crippen LogP contribution in [0, 0.1) is 12.7 Å². The van der Waals surface area contributed by atoms with Crippen LogP contribution in [0.2, 0.25) is 0 Å². The van der Waals surface area contributed by atoms with E-state index in [9.17, 15) is 4.39 Å². The molecule has 0 unspecified atom stereocenters. The quantitative estimate of drug-likeness (QED) is 0.654. The number of fused-ring (bicyclic) bond motifs is 1. The first-order chi connectivity index (χ1) is 12.7. The van der Waals surface area contributed by atoms with Gasteiger partial charge in [-0.05, 0) is 24.6 Å². The van der Waals surface area contributed by atoms with Gasteiger partial charge >= 0.3 is 0 Å². The Morgan fingerprint density at radius 2 is 2.04 bits per heavy atom. The maximum absolute atomic E-state index is 14.4. The summed E-state index contributed by atoms with van der Waals surface area (Å²) in [7, 11) is 1.63. The molecular weight excluding hydrogens is 333 g/mol. The number of aryl methyl sites for hydroxylation is 1. The zero-order valence-corrected chi connectivity index (χ0v) is 14.6. The number of hydrogen-bond donors (Lipinski definition) is 3. The topological polar surface area (TPSA) is 71.1 Å². The molecule has 1 aliphatic rings. The van der Waals surface area contributed by atoms with E-state index in [-0.39, 0.29) is 5.82 Å². The zero-order chi connectivity index (χ0) is 18.1. The van der Waals surface area contributed by atoms with E-state index >= 15 is 0 Å². The fraction of sp³-hybridized carbons (Fsp3) is 0.263. The number of nitrogens with one attached hydrogen (secondary N) is 3.